The van der Waals surface area contributed by atoms with Crippen molar-refractivity contribution in [2.45, 2.75) is 33.1 Å². The van der Waals surface area contributed by atoms with Crippen LogP contribution < -0.4 is 5.30 Å². The second-order valence-electron chi connectivity index (χ2n) is 6.28. The minimum atomic E-state index is -3.79. The molecule has 0 radical (unpaired) electrons. The van der Waals surface area contributed by atoms with Gasteiger partial charge in [0.2, 0.25) is 0 Å². The highest BCUT2D eigenvalue weighted by Gasteiger charge is 2.25. The third-order valence-electron chi connectivity index (χ3n) is 3.57. The van der Waals surface area contributed by atoms with E-state index in [9.17, 15) is 9.46 Å². The molecule has 0 aliphatic carbocycles. The lowest BCUT2D eigenvalue weighted by Gasteiger charge is -2.20. The average molecular weight is 318 g/mol. The molecule has 0 saturated heterocycles. The normalized spacial score (nSPS) is 14.6. The van der Waals surface area contributed by atoms with E-state index >= 15 is 0 Å². The monoisotopic (exact) mass is 318 g/mol. The van der Waals surface area contributed by atoms with Gasteiger partial charge in [0.15, 0.2) is 0 Å². The molecular formula is C18H23O3P. The summed E-state index contributed by atoms with van der Waals surface area (Å²) in [7, 11) is -3.79. The molecule has 4 heteroatoms. The lowest BCUT2D eigenvalue weighted by molar-refractivity contribution is 0.284. The summed E-state index contributed by atoms with van der Waals surface area (Å²) in [5, 5.41) is 0.348. The second-order valence-corrected chi connectivity index (χ2v) is 8.06. The van der Waals surface area contributed by atoms with Crippen molar-refractivity contribution >= 4 is 12.9 Å². The Labute approximate surface area is 132 Å². The van der Waals surface area contributed by atoms with Crippen LogP contribution in [0.5, 0.6) is 0 Å². The molecule has 22 heavy (non-hydrogen) atoms. The molecule has 118 valence electrons. The van der Waals surface area contributed by atoms with Crippen LogP contribution in [0.25, 0.3) is 11.1 Å². The van der Waals surface area contributed by atoms with Crippen molar-refractivity contribution in [2.24, 2.45) is 0 Å². The highest BCUT2D eigenvalue weighted by Crippen LogP contribution is 2.43. The summed E-state index contributed by atoms with van der Waals surface area (Å²) in [5.41, 5.74) is 2.96. The van der Waals surface area contributed by atoms with Crippen LogP contribution in [0.15, 0.2) is 48.5 Å². The van der Waals surface area contributed by atoms with E-state index in [1.165, 1.54) is 5.56 Å². The van der Waals surface area contributed by atoms with Crippen LogP contribution in [-0.2, 0) is 14.5 Å². The van der Waals surface area contributed by atoms with Crippen LogP contribution in [0, 0.1) is 0 Å². The Morgan fingerprint density at radius 1 is 1.05 bits per heavy atom. The van der Waals surface area contributed by atoms with Crippen molar-refractivity contribution in [3.8, 4) is 11.1 Å². The standard InChI is InChI=1S/C18H23O3P/c1-5-21-22(19,20)17-9-7-6-8-16(17)14-10-12-15(13-11-14)18(2,3)4/h6-13H,5H2,1-4H3,(H,19,20). The Balaban J connectivity index is 2.48. The Bertz CT molecular complexity index is 684. The summed E-state index contributed by atoms with van der Waals surface area (Å²) in [5.74, 6) is 0. The minimum Gasteiger partial charge on any atom is -0.321 e. The molecule has 2 rings (SSSR count). The van der Waals surface area contributed by atoms with E-state index < -0.39 is 7.60 Å². The summed E-state index contributed by atoms with van der Waals surface area (Å²) >= 11 is 0. The van der Waals surface area contributed by atoms with Crippen LogP contribution in [0.2, 0.25) is 0 Å². The Morgan fingerprint density at radius 2 is 1.64 bits per heavy atom. The van der Waals surface area contributed by atoms with E-state index in [-0.39, 0.29) is 12.0 Å². The molecule has 0 amide bonds. The highest BCUT2D eigenvalue weighted by molar-refractivity contribution is 7.61. The van der Waals surface area contributed by atoms with Gasteiger partial charge in [-0.15, -0.1) is 0 Å². The Kier molecular flexibility index (Phi) is 4.91. The predicted octanol–water partition coefficient (Wildman–Crippen LogP) is 4.50. The van der Waals surface area contributed by atoms with Gasteiger partial charge in [-0.2, -0.15) is 0 Å². The Hall–Kier alpha value is -1.41. The summed E-state index contributed by atoms with van der Waals surface area (Å²) in [6.07, 6.45) is 0. The van der Waals surface area contributed by atoms with Crippen molar-refractivity contribution in [1.82, 2.24) is 0 Å². The van der Waals surface area contributed by atoms with Crippen molar-refractivity contribution < 1.29 is 14.0 Å². The van der Waals surface area contributed by atoms with Gasteiger partial charge >= 0.3 is 7.60 Å². The summed E-state index contributed by atoms with van der Waals surface area (Å²) in [6.45, 7) is 8.39. The van der Waals surface area contributed by atoms with Gasteiger partial charge in [-0.05, 0) is 35.1 Å². The first-order valence-electron chi connectivity index (χ1n) is 7.43. The maximum absolute atomic E-state index is 12.4. The van der Waals surface area contributed by atoms with Gasteiger partial charge in [0, 0.05) is 0 Å². The predicted molar refractivity (Wildman–Crippen MR) is 91.7 cm³/mol. The SMILES string of the molecule is CCOP(=O)(O)c1ccccc1-c1ccc(C(C)(C)C)cc1. The average Bonchev–Trinajstić information content (AvgIpc) is 2.46. The molecule has 0 spiro atoms. The maximum atomic E-state index is 12.4. The zero-order valence-electron chi connectivity index (χ0n) is 13.5. The van der Waals surface area contributed by atoms with Crippen molar-refractivity contribution in [3.63, 3.8) is 0 Å². The third kappa shape index (κ3) is 3.67. The first kappa shape index (κ1) is 17.0. The number of hydrogen-bond donors (Lipinski definition) is 1. The summed E-state index contributed by atoms with van der Waals surface area (Å²) < 4.78 is 17.4. The highest BCUT2D eigenvalue weighted by atomic mass is 31.2. The third-order valence-corrected chi connectivity index (χ3v) is 5.18. The van der Waals surface area contributed by atoms with Gasteiger partial charge in [-0.25, -0.2) is 0 Å². The smallest absolute Gasteiger partial charge is 0.321 e. The molecule has 0 fully saturated rings. The van der Waals surface area contributed by atoms with Crippen LogP contribution in [0.4, 0.5) is 0 Å². The fourth-order valence-corrected chi connectivity index (χ4v) is 3.63. The molecule has 2 aromatic carbocycles. The summed E-state index contributed by atoms with van der Waals surface area (Å²) in [6, 6.07) is 15.2. The van der Waals surface area contributed by atoms with Crippen LogP contribution >= 0.6 is 7.60 Å². The van der Waals surface area contributed by atoms with Gasteiger partial charge in [0.1, 0.15) is 0 Å². The molecule has 0 aliphatic heterocycles. The first-order valence-corrected chi connectivity index (χ1v) is 9.01. The van der Waals surface area contributed by atoms with E-state index in [1.54, 1.807) is 19.1 Å². The van der Waals surface area contributed by atoms with Gasteiger partial charge in [0.25, 0.3) is 0 Å². The second kappa shape index (κ2) is 6.37. The van der Waals surface area contributed by atoms with Crippen LogP contribution in [0.1, 0.15) is 33.3 Å². The zero-order chi connectivity index (χ0) is 16.4. The largest absolute Gasteiger partial charge is 0.359 e. The number of benzene rings is 2. The van der Waals surface area contributed by atoms with Crippen LogP contribution in [0.3, 0.4) is 0 Å². The Morgan fingerprint density at radius 3 is 2.18 bits per heavy atom. The first-order chi connectivity index (χ1) is 10.3. The molecular weight excluding hydrogens is 295 g/mol. The van der Waals surface area contributed by atoms with Crippen molar-refractivity contribution in [1.29, 1.82) is 0 Å². The maximum Gasteiger partial charge on any atom is 0.359 e. The molecule has 1 N–H and O–H groups in total. The molecule has 0 saturated carbocycles. The van der Waals surface area contributed by atoms with Gasteiger partial charge in [-0.3, -0.25) is 4.57 Å². The number of rotatable bonds is 4. The summed E-state index contributed by atoms with van der Waals surface area (Å²) in [4.78, 5) is 10.1. The minimum absolute atomic E-state index is 0.0790. The van der Waals surface area contributed by atoms with E-state index in [0.29, 0.717) is 5.30 Å². The fraction of sp³-hybridized carbons (Fsp3) is 0.333. The van der Waals surface area contributed by atoms with E-state index in [4.69, 9.17) is 4.52 Å². The van der Waals surface area contributed by atoms with Gasteiger partial charge in [-0.1, -0.05) is 63.2 Å². The lowest BCUT2D eigenvalue weighted by Crippen LogP contribution is -2.12. The van der Waals surface area contributed by atoms with Crippen molar-refractivity contribution in [3.05, 3.63) is 54.1 Å². The van der Waals surface area contributed by atoms with E-state index in [1.807, 2.05) is 24.3 Å². The lowest BCUT2D eigenvalue weighted by atomic mass is 9.86. The quantitative estimate of drug-likeness (QED) is 0.844. The van der Waals surface area contributed by atoms with Gasteiger partial charge < -0.3 is 9.42 Å². The molecule has 2 aromatic rings. The van der Waals surface area contributed by atoms with Crippen molar-refractivity contribution in [2.75, 3.05) is 6.61 Å². The molecule has 3 nitrogen and oxygen atoms in total. The fourth-order valence-electron chi connectivity index (χ4n) is 2.36. The zero-order valence-corrected chi connectivity index (χ0v) is 14.4. The van der Waals surface area contributed by atoms with E-state index in [2.05, 4.69) is 32.9 Å². The molecule has 0 aromatic heterocycles. The topological polar surface area (TPSA) is 46.5 Å². The number of hydrogen-bond acceptors (Lipinski definition) is 2. The van der Waals surface area contributed by atoms with Crippen LogP contribution in [-0.4, -0.2) is 11.5 Å². The molecule has 0 heterocycles. The molecule has 0 aliphatic rings. The molecule has 1 unspecified atom stereocenters. The van der Waals surface area contributed by atoms with E-state index in [0.717, 1.165) is 11.1 Å². The molecule has 0 bridgehead atoms. The molecule has 1 atom stereocenters. The van der Waals surface area contributed by atoms with Gasteiger partial charge in [0.05, 0.1) is 11.9 Å².